The number of nitro benzene ring substituents is 1. The van der Waals surface area contributed by atoms with Crippen LogP contribution in [-0.2, 0) is 9.84 Å². The number of carbonyl (C=O) groups excluding carboxylic acids is 1. The van der Waals surface area contributed by atoms with Crippen LogP contribution >= 0.6 is 27.5 Å². The second-order valence-corrected chi connectivity index (χ2v) is 8.54. The Morgan fingerprint density at radius 3 is 2.50 bits per heavy atom. The molecule has 0 radical (unpaired) electrons. The fraction of sp³-hybridized carbons (Fsp3) is 0.222. The van der Waals surface area contributed by atoms with Crippen LogP contribution in [0.25, 0.3) is 0 Å². The molecule has 0 fully saturated rings. The summed E-state index contributed by atoms with van der Waals surface area (Å²) in [5.41, 5.74) is -0.490. The Labute approximate surface area is 116 Å². The van der Waals surface area contributed by atoms with E-state index in [1.165, 1.54) is 18.2 Å². The van der Waals surface area contributed by atoms with Crippen molar-refractivity contribution in [2.75, 3.05) is 6.26 Å². The van der Waals surface area contributed by atoms with Crippen LogP contribution in [0.4, 0.5) is 5.69 Å². The zero-order chi connectivity index (χ0) is 14.1. The molecule has 0 aliphatic heterocycles. The summed E-state index contributed by atoms with van der Waals surface area (Å²) in [7, 11) is -3.92. The maximum absolute atomic E-state index is 11.9. The minimum Gasteiger partial charge on any atom is -0.290 e. The van der Waals surface area contributed by atoms with Gasteiger partial charge in [-0.1, -0.05) is 23.7 Å². The third-order valence-electron chi connectivity index (χ3n) is 2.05. The number of Topliss-reactive ketones (excluding diaryl/α,β-unsaturated/α-hetero) is 1. The predicted molar refractivity (Wildman–Crippen MR) is 69.8 cm³/mol. The van der Waals surface area contributed by atoms with Crippen molar-refractivity contribution in [3.63, 3.8) is 0 Å². The van der Waals surface area contributed by atoms with Crippen LogP contribution in [0.1, 0.15) is 10.4 Å². The molecule has 0 unspecified atom stereocenters. The van der Waals surface area contributed by atoms with E-state index in [4.69, 9.17) is 11.6 Å². The van der Waals surface area contributed by atoms with Crippen LogP contribution in [0.2, 0.25) is 0 Å². The number of hydrogen-bond acceptors (Lipinski definition) is 5. The van der Waals surface area contributed by atoms with Crippen molar-refractivity contribution in [1.82, 2.24) is 0 Å². The van der Waals surface area contributed by atoms with E-state index >= 15 is 0 Å². The number of halogens is 2. The molecule has 0 N–H and O–H groups in total. The number of ketones is 1. The first-order chi connectivity index (χ1) is 8.07. The highest BCUT2D eigenvalue weighted by molar-refractivity contribution is 9.12. The van der Waals surface area contributed by atoms with Crippen molar-refractivity contribution >= 4 is 48.8 Å². The van der Waals surface area contributed by atoms with Crippen LogP contribution < -0.4 is 0 Å². The van der Waals surface area contributed by atoms with Gasteiger partial charge in [0.05, 0.1) is 4.92 Å². The topological polar surface area (TPSA) is 94.3 Å². The average molecular weight is 357 g/mol. The Morgan fingerprint density at radius 2 is 2.06 bits per heavy atom. The lowest BCUT2D eigenvalue weighted by molar-refractivity contribution is -0.384. The molecule has 0 spiro atoms. The standard InChI is InChI=1S/C9H7BrClNO5S/c1-18(16,17)9(10,11)8(13)6-3-2-4-7(5-6)12(14)15/h2-5H,1H3/t9-/m1/s1. The van der Waals surface area contributed by atoms with Gasteiger partial charge in [0.1, 0.15) is 0 Å². The minimum absolute atomic E-state index is 0.165. The summed E-state index contributed by atoms with van der Waals surface area (Å²) in [5, 5.41) is 10.6. The molecule has 6 nitrogen and oxygen atoms in total. The number of sulfone groups is 1. The first-order valence-corrected chi connectivity index (χ1v) is 7.50. The SMILES string of the molecule is CS(=O)(=O)[C@@](Cl)(Br)C(=O)c1cccc([N+](=O)[O-])c1. The Hall–Kier alpha value is -0.990. The number of nitro groups is 1. The molecule has 1 rings (SSSR count). The Bertz CT molecular complexity index is 613. The van der Waals surface area contributed by atoms with Crippen LogP contribution in [0.5, 0.6) is 0 Å². The molecule has 98 valence electrons. The second kappa shape index (κ2) is 4.94. The molecule has 0 saturated carbocycles. The summed E-state index contributed by atoms with van der Waals surface area (Å²) in [6.45, 7) is 0. The second-order valence-electron chi connectivity index (χ2n) is 3.43. The molecular weight excluding hydrogens is 350 g/mol. The monoisotopic (exact) mass is 355 g/mol. The highest BCUT2D eigenvalue weighted by atomic mass is 79.9. The maximum Gasteiger partial charge on any atom is 0.270 e. The van der Waals surface area contributed by atoms with Crippen molar-refractivity contribution in [3.8, 4) is 0 Å². The third kappa shape index (κ3) is 2.88. The predicted octanol–water partition coefficient (Wildman–Crippen LogP) is 2.11. The zero-order valence-corrected chi connectivity index (χ0v) is 12.1. The molecule has 1 atom stereocenters. The Kier molecular flexibility index (Phi) is 4.14. The largest absolute Gasteiger partial charge is 0.290 e. The molecule has 0 heterocycles. The molecule has 0 amide bonds. The number of nitrogens with zero attached hydrogens (tertiary/aromatic N) is 1. The van der Waals surface area contributed by atoms with Gasteiger partial charge in [-0.15, -0.1) is 0 Å². The fourth-order valence-corrected chi connectivity index (χ4v) is 1.89. The number of hydrogen-bond donors (Lipinski definition) is 0. The van der Waals surface area contributed by atoms with E-state index in [1.807, 2.05) is 0 Å². The third-order valence-corrected chi connectivity index (χ3v) is 6.30. The fourth-order valence-electron chi connectivity index (χ4n) is 1.10. The highest BCUT2D eigenvalue weighted by Gasteiger charge is 2.44. The smallest absolute Gasteiger partial charge is 0.270 e. The van der Waals surface area contributed by atoms with Gasteiger partial charge in [-0.2, -0.15) is 0 Å². The van der Waals surface area contributed by atoms with Crippen molar-refractivity contribution in [2.24, 2.45) is 0 Å². The Balaban J connectivity index is 3.28. The van der Waals surface area contributed by atoms with E-state index in [1.54, 1.807) is 0 Å². The molecule has 0 aliphatic rings. The summed E-state index contributed by atoms with van der Waals surface area (Å²) in [5.74, 6) is -0.977. The summed E-state index contributed by atoms with van der Waals surface area (Å²) in [6.07, 6.45) is 0.782. The van der Waals surface area contributed by atoms with Gasteiger partial charge >= 0.3 is 0 Å². The van der Waals surface area contributed by atoms with E-state index < -0.39 is 23.7 Å². The lowest BCUT2D eigenvalue weighted by Crippen LogP contribution is -2.34. The number of carbonyl (C=O) groups is 1. The van der Waals surface area contributed by atoms with Gasteiger partial charge in [0.2, 0.25) is 5.78 Å². The highest BCUT2D eigenvalue weighted by Crippen LogP contribution is 2.34. The molecule has 0 aliphatic carbocycles. The van der Waals surface area contributed by atoms with Gasteiger partial charge in [-0.25, -0.2) is 8.42 Å². The average Bonchev–Trinajstić information content (AvgIpc) is 2.26. The van der Waals surface area contributed by atoms with E-state index in [0.29, 0.717) is 0 Å². The van der Waals surface area contributed by atoms with Gasteiger partial charge in [0.15, 0.2) is 9.84 Å². The Morgan fingerprint density at radius 1 is 1.50 bits per heavy atom. The molecule has 9 heteroatoms. The molecule has 1 aromatic rings. The van der Waals surface area contributed by atoms with Crippen LogP contribution in [-0.4, -0.2) is 28.5 Å². The van der Waals surface area contributed by atoms with E-state index in [0.717, 1.165) is 12.3 Å². The van der Waals surface area contributed by atoms with Crippen molar-refractivity contribution in [2.45, 2.75) is 3.12 Å². The minimum atomic E-state index is -3.92. The van der Waals surface area contributed by atoms with Crippen molar-refractivity contribution < 1.29 is 18.1 Å². The summed E-state index contributed by atoms with van der Waals surface area (Å²) in [4.78, 5) is 21.8. The quantitative estimate of drug-likeness (QED) is 0.356. The lowest BCUT2D eigenvalue weighted by atomic mass is 10.1. The van der Waals surface area contributed by atoms with Gasteiger partial charge in [-0.3, -0.25) is 14.9 Å². The molecule has 1 aromatic carbocycles. The summed E-state index contributed by atoms with van der Waals surface area (Å²) < 4.78 is 20.4. The van der Waals surface area contributed by atoms with Crippen molar-refractivity contribution in [1.29, 1.82) is 0 Å². The number of alkyl halides is 2. The summed E-state index contributed by atoms with van der Waals surface area (Å²) in [6, 6.07) is 4.67. The lowest BCUT2D eigenvalue weighted by Gasteiger charge is -2.16. The van der Waals surface area contributed by atoms with Crippen LogP contribution in [0.15, 0.2) is 24.3 Å². The number of rotatable bonds is 4. The van der Waals surface area contributed by atoms with Crippen molar-refractivity contribution in [3.05, 3.63) is 39.9 Å². The maximum atomic E-state index is 11.9. The zero-order valence-electron chi connectivity index (χ0n) is 8.96. The van der Waals surface area contributed by atoms with Gasteiger partial charge < -0.3 is 0 Å². The first kappa shape index (κ1) is 15.1. The van der Waals surface area contributed by atoms with E-state index in [-0.39, 0.29) is 11.3 Å². The van der Waals surface area contributed by atoms with Gasteiger partial charge in [-0.05, 0) is 15.9 Å². The van der Waals surface area contributed by atoms with Gasteiger partial charge in [0, 0.05) is 24.0 Å². The van der Waals surface area contributed by atoms with E-state index in [9.17, 15) is 23.3 Å². The molecule has 0 bridgehead atoms. The number of non-ortho nitro benzene ring substituents is 1. The molecule has 0 saturated heterocycles. The summed E-state index contributed by atoms with van der Waals surface area (Å²) >= 11 is 8.26. The molecule has 18 heavy (non-hydrogen) atoms. The molecular formula is C9H7BrClNO5S. The van der Waals surface area contributed by atoms with Crippen LogP contribution in [0.3, 0.4) is 0 Å². The van der Waals surface area contributed by atoms with Crippen LogP contribution in [0, 0.1) is 10.1 Å². The molecule has 0 aromatic heterocycles. The van der Waals surface area contributed by atoms with E-state index in [2.05, 4.69) is 15.9 Å². The van der Waals surface area contributed by atoms with Gasteiger partial charge in [0.25, 0.3) is 8.80 Å². The first-order valence-electron chi connectivity index (χ1n) is 4.44. The number of benzene rings is 1. The normalized spacial score (nSPS) is 14.8.